The molecular weight excluding hydrogens is 568 g/mol. The second-order valence-electron chi connectivity index (χ2n) is 11.2. The zero-order valence-corrected chi connectivity index (χ0v) is 24.9. The second-order valence-corrected chi connectivity index (χ2v) is 11.6. The number of aromatic nitrogens is 4. The summed E-state index contributed by atoms with van der Waals surface area (Å²) < 4.78 is 17.9. The van der Waals surface area contributed by atoms with Crippen molar-refractivity contribution in [1.29, 1.82) is 0 Å². The third-order valence-electron chi connectivity index (χ3n) is 8.47. The van der Waals surface area contributed by atoms with E-state index in [-0.39, 0.29) is 6.04 Å². The molecule has 11 nitrogen and oxygen atoms in total. The third kappa shape index (κ3) is 5.84. The summed E-state index contributed by atoms with van der Waals surface area (Å²) in [4.78, 5) is 25.3. The highest BCUT2D eigenvalue weighted by Crippen LogP contribution is 2.35. The number of rotatable bonds is 8. The number of piperidine rings is 2. The van der Waals surface area contributed by atoms with Gasteiger partial charge in [-0.2, -0.15) is 15.0 Å². The van der Waals surface area contributed by atoms with E-state index in [2.05, 4.69) is 31.9 Å². The highest BCUT2D eigenvalue weighted by atomic mass is 35.5. The number of oxazole rings is 2. The van der Waals surface area contributed by atoms with Crippen LogP contribution in [0.1, 0.15) is 38.2 Å². The van der Waals surface area contributed by atoms with Crippen LogP contribution >= 0.6 is 11.6 Å². The molecule has 5 aromatic rings. The smallest absolute Gasteiger partial charge is 0.308 e. The van der Waals surface area contributed by atoms with Crippen molar-refractivity contribution in [3.8, 4) is 5.75 Å². The Hall–Kier alpha value is -3.93. The van der Waals surface area contributed by atoms with Crippen LogP contribution < -0.4 is 15.4 Å². The highest BCUT2D eigenvalue weighted by molar-refractivity contribution is 6.32. The molecule has 6 heterocycles. The molecule has 4 aromatic heterocycles. The number of pyridine rings is 2. The van der Waals surface area contributed by atoms with E-state index in [4.69, 9.17) is 40.9 Å². The number of hydrogen-bond donors (Lipinski definition) is 1. The van der Waals surface area contributed by atoms with Gasteiger partial charge < -0.3 is 24.2 Å². The molecule has 1 aromatic carbocycles. The van der Waals surface area contributed by atoms with Gasteiger partial charge in [-0.05, 0) is 87.7 Å². The number of hydrogen-bond acceptors (Lipinski definition) is 11. The standard InChI is InChI=1S/C31H35ClN8O3/c1-2-41-26-18-20(5-6-23(26)32)19-38-14-9-21(10-15-38)39-16-11-22(12-17-39)40(30-35-24-4-3-13-34-28(24)42-30)31-36-25-7-8-27(33)37-29(25)43-31/h3-8,13,18,21-22H,2,9-12,14-17,19H2,1H3,(H2,33,37). The molecule has 2 saturated heterocycles. The molecule has 0 spiro atoms. The predicted octanol–water partition coefficient (Wildman–Crippen LogP) is 5.66. The second kappa shape index (κ2) is 12.0. The zero-order chi connectivity index (χ0) is 29.3. The van der Waals surface area contributed by atoms with Crippen molar-refractivity contribution >= 4 is 51.9 Å². The molecule has 0 aliphatic carbocycles. The average molecular weight is 603 g/mol. The number of nitrogen functional groups attached to an aromatic ring is 1. The minimum Gasteiger partial charge on any atom is -0.492 e. The van der Waals surface area contributed by atoms with Gasteiger partial charge in [-0.3, -0.25) is 4.90 Å². The summed E-state index contributed by atoms with van der Waals surface area (Å²) in [7, 11) is 0. The van der Waals surface area contributed by atoms with Crippen LogP contribution in [-0.4, -0.2) is 74.6 Å². The molecule has 0 saturated carbocycles. The summed E-state index contributed by atoms with van der Waals surface area (Å²) in [6.07, 6.45) is 5.84. The highest BCUT2D eigenvalue weighted by Gasteiger charge is 2.35. The lowest BCUT2D eigenvalue weighted by Gasteiger charge is -2.43. The maximum absolute atomic E-state index is 6.29. The van der Waals surface area contributed by atoms with Crippen molar-refractivity contribution in [3.05, 3.63) is 59.2 Å². The van der Waals surface area contributed by atoms with Crippen molar-refractivity contribution in [2.45, 2.75) is 51.2 Å². The molecule has 2 aliphatic rings. The lowest BCUT2D eigenvalue weighted by molar-refractivity contribution is 0.0844. The van der Waals surface area contributed by atoms with E-state index in [1.807, 2.05) is 36.1 Å². The minimum atomic E-state index is 0.0965. The normalized spacial score (nSPS) is 17.6. The van der Waals surface area contributed by atoms with Gasteiger partial charge in [-0.1, -0.05) is 17.7 Å². The summed E-state index contributed by atoms with van der Waals surface area (Å²) in [6, 6.07) is 14.9. The Bertz CT molecular complexity index is 1680. The number of fused-ring (bicyclic) bond motifs is 2. The van der Waals surface area contributed by atoms with Crippen LogP contribution in [0.2, 0.25) is 5.02 Å². The van der Waals surface area contributed by atoms with E-state index in [1.54, 1.807) is 12.3 Å². The van der Waals surface area contributed by atoms with Crippen LogP contribution in [0.4, 0.5) is 17.8 Å². The first-order valence-corrected chi connectivity index (χ1v) is 15.3. The van der Waals surface area contributed by atoms with Crippen molar-refractivity contribution in [3.63, 3.8) is 0 Å². The maximum atomic E-state index is 6.29. The minimum absolute atomic E-state index is 0.0965. The lowest BCUT2D eigenvalue weighted by atomic mass is 9.97. The van der Waals surface area contributed by atoms with E-state index < -0.39 is 0 Å². The zero-order valence-electron chi connectivity index (χ0n) is 24.2. The van der Waals surface area contributed by atoms with Gasteiger partial charge in [0.2, 0.25) is 5.71 Å². The van der Waals surface area contributed by atoms with E-state index in [0.717, 1.165) is 64.2 Å². The third-order valence-corrected chi connectivity index (χ3v) is 8.78. The quantitative estimate of drug-likeness (QED) is 0.237. The van der Waals surface area contributed by atoms with Crippen LogP contribution in [0.15, 0.2) is 57.5 Å². The van der Waals surface area contributed by atoms with Crippen LogP contribution in [-0.2, 0) is 6.54 Å². The van der Waals surface area contributed by atoms with Crippen LogP contribution in [0.3, 0.4) is 0 Å². The van der Waals surface area contributed by atoms with E-state index in [9.17, 15) is 0 Å². The van der Waals surface area contributed by atoms with Crippen LogP contribution in [0.25, 0.3) is 22.5 Å². The molecule has 0 bridgehead atoms. The van der Waals surface area contributed by atoms with Gasteiger partial charge in [0.05, 0.1) is 11.6 Å². The number of ether oxygens (including phenoxy) is 1. The fraction of sp³-hybridized carbons (Fsp3) is 0.419. The topological polar surface area (TPSA) is 123 Å². The predicted molar refractivity (Wildman–Crippen MR) is 166 cm³/mol. The first kappa shape index (κ1) is 27.9. The number of halogens is 1. The number of benzene rings is 1. The average Bonchev–Trinajstić information content (AvgIpc) is 3.64. The van der Waals surface area contributed by atoms with Gasteiger partial charge in [0, 0.05) is 37.9 Å². The molecule has 7 rings (SSSR count). The van der Waals surface area contributed by atoms with Crippen molar-refractivity contribution < 1.29 is 13.6 Å². The van der Waals surface area contributed by atoms with Gasteiger partial charge in [-0.25, -0.2) is 9.88 Å². The lowest BCUT2D eigenvalue weighted by Crippen LogP contribution is -2.50. The Kier molecular flexibility index (Phi) is 7.77. The van der Waals surface area contributed by atoms with E-state index in [0.29, 0.717) is 58.0 Å². The van der Waals surface area contributed by atoms with Crippen molar-refractivity contribution in [1.82, 2.24) is 29.7 Å². The van der Waals surface area contributed by atoms with E-state index in [1.165, 1.54) is 5.56 Å². The van der Waals surface area contributed by atoms with Gasteiger partial charge >= 0.3 is 12.0 Å². The molecule has 0 atom stereocenters. The molecule has 0 radical (unpaired) electrons. The molecule has 2 N–H and O–H groups in total. The summed E-state index contributed by atoms with van der Waals surface area (Å²) >= 11 is 6.29. The maximum Gasteiger partial charge on any atom is 0.308 e. The summed E-state index contributed by atoms with van der Waals surface area (Å²) in [5, 5.41) is 0.663. The molecule has 12 heteroatoms. The Labute approximate surface area is 254 Å². The van der Waals surface area contributed by atoms with Gasteiger partial charge in [0.25, 0.3) is 5.71 Å². The van der Waals surface area contributed by atoms with Gasteiger partial charge in [-0.15, -0.1) is 0 Å². The van der Waals surface area contributed by atoms with E-state index >= 15 is 0 Å². The number of anilines is 3. The Balaban J connectivity index is 1.02. The summed E-state index contributed by atoms with van der Waals surface area (Å²) in [5.74, 6) is 1.15. The van der Waals surface area contributed by atoms with Crippen LogP contribution in [0.5, 0.6) is 5.75 Å². The largest absolute Gasteiger partial charge is 0.492 e. The number of nitrogens with zero attached hydrogens (tertiary/aromatic N) is 7. The molecule has 2 fully saturated rings. The fourth-order valence-electron chi connectivity index (χ4n) is 6.30. The molecular formula is C31H35ClN8O3. The molecule has 0 amide bonds. The van der Waals surface area contributed by atoms with Crippen molar-refractivity contribution in [2.24, 2.45) is 0 Å². The Morgan fingerprint density at radius 1 is 0.930 bits per heavy atom. The van der Waals surface area contributed by atoms with Crippen LogP contribution in [0, 0.1) is 0 Å². The summed E-state index contributed by atoms with van der Waals surface area (Å²) in [6.45, 7) is 7.58. The van der Waals surface area contributed by atoms with Gasteiger partial charge in [0.1, 0.15) is 22.6 Å². The number of nitrogens with two attached hydrogens (primary N) is 1. The molecule has 43 heavy (non-hydrogen) atoms. The monoisotopic (exact) mass is 602 g/mol. The number of likely N-dealkylation sites (tertiary alicyclic amines) is 2. The summed E-state index contributed by atoms with van der Waals surface area (Å²) in [5.41, 5.74) is 9.35. The first-order chi connectivity index (χ1) is 21.0. The SMILES string of the molecule is CCOc1cc(CN2CCC(N3CCC(N(c4nc5cccnc5o4)c4nc5ccc(N)nc5o4)CC3)CC2)ccc1Cl. The van der Waals surface area contributed by atoms with Gasteiger partial charge in [0.15, 0.2) is 0 Å². The fourth-order valence-corrected chi connectivity index (χ4v) is 6.47. The molecule has 2 aliphatic heterocycles. The molecule has 0 unspecified atom stereocenters. The van der Waals surface area contributed by atoms with Crippen molar-refractivity contribution in [2.75, 3.05) is 43.4 Å². The Morgan fingerprint density at radius 3 is 2.42 bits per heavy atom. The molecule has 224 valence electrons. The first-order valence-electron chi connectivity index (χ1n) is 15.0. The Morgan fingerprint density at radius 2 is 1.67 bits per heavy atom.